The first kappa shape index (κ1) is 18.4. The molecule has 24 heavy (non-hydrogen) atoms. The number of anilines is 1. The van der Waals surface area contributed by atoms with Gasteiger partial charge in [-0.05, 0) is 36.4 Å². The second-order valence-electron chi connectivity index (χ2n) is 4.84. The van der Waals surface area contributed by atoms with Crippen LogP contribution >= 0.6 is 34.8 Å². The van der Waals surface area contributed by atoms with Gasteiger partial charge in [-0.15, -0.1) is 0 Å². The van der Waals surface area contributed by atoms with E-state index in [1.165, 1.54) is 24.3 Å². The maximum absolute atomic E-state index is 12.2. The van der Waals surface area contributed by atoms with E-state index in [2.05, 4.69) is 10.6 Å². The Balaban J connectivity index is 2.14. The van der Waals surface area contributed by atoms with E-state index >= 15 is 0 Å². The highest BCUT2D eigenvalue weighted by Crippen LogP contribution is 2.31. The van der Waals surface area contributed by atoms with E-state index in [1.807, 2.05) is 0 Å². The fourth-order valence-corrected chi connectivity index (χ4v) is 2.21. The van der Waals surface area contributed by atoms with Crippen molar-refractivity contribution < 1.29 is 14.7 Å². The van der Waals surface area contributed by atoms with Gasteiger partial charge in [0.1, 0.15) is 6.17 Å². The van der Waals surface area contributed by atoms with E-state index in [-0.39, 0.29) is 5.56 Å². The minimum atomic E-state index is -1.82. The fourth-order valence-electron chi connectivity index (χ4n) is 1.88. The van der Waals surface area contributed by atoms with Crippen molar-refractivity contribution in [3.63, 3.8) is 0 Å². The number of amides is 1. The normalized spacial score (nSPS) is 12.3. The Hall–Kier alpha value is -1.95. The van der Waals surface area contributed by atoms with E-state index < -0.39 is 21.8 Å². The van der Waals surface area contributed by atoms with Crippen LogP contribution in [0.25, 0.3) is 0 Å². The lowest BCUT2D eigenvalue weighted by atomic mass is 10.2. The number of nitrogens with one attached hydrogen (secondary N) is 2. The molecule has 0 radical (unpaired) electrons. The molecule has 0 aromatic heterocycles. The molecule has 8 heteroatoms. The summed E-state index contributed by atoms with van der Waals surface area (Å²) >= 11 is 17.8. The van der Waals surface area contributed by atoms with Crippen LogP contribution in [0.5, 0.6) is 0 Å². The van der Waals surface area contributed by atoms with Gasteiger partial charge in [-0.25, -0.2) is 4.79 Å². The largest absolute Gasteiger partial charge is 0.478 e. The lowest BCUT2D eigenvalue weighted by Crippen LogP contribution is -2.49. The first-order valence-corrected chi connectivity index (χ1v) is 7.93. The minimum Gasteiger partial charge on any atom is -0.478 e. The molecule has 0 aliphatic carbocycles. The van der Waals surface area contributed by atoms with Crippen molar-refractivity contribution in [3.05, 3.63) is 65.7 Å². The van der Waals surface area contributed by atoms with Crippen molar-refractivity contribution in [1.29, 1.82) is 0 Å². The highest BCUT2D eigenvalue weighted by atomic mass is 35.6. The van der Waals surface area contributed by atoms with Crippen LogP contribution in [0.4, 0.5) is 5.69 Å². The summed E-state index contributed by atoms with van der Waals surface area (Å²) in [4.78, 5) is 23.1. The molecule has 0 spiro atoms. The van der Waals surface area contributed by atoms with Crippen LogP contribution in [0.1, 0.15) is 20.7 Å². The van der Waals surface area contributed by atoms with Crippen LogP contribution in [0.3, 0.4) is 0 Å². The maximum Gasteiger partial charge on any atom is 0.335 e. The molecule has 3 N–H and O–H groups in total. The molecule has 0 saturated heterocycles. The van der Waals surface area contributed by atoms with Gasteiger partial charge in [0.15, 0.2) is 0 Å². The second kappa shape index (κ2) is 7.75. The van der Waals surface area contributed by atoms with Gasteiger partial charge < -0.3 is 15.7 Å². The van der Waals surface area contributed by atoms with Gasteiger partial charge in [0.05, 0.1) is 5.56 Å². The Kier molecular flexibility index (Phi) is 5.94. The number of halogens is 3. The van der Waals surface area contributed by atoms with Crippen LogP contribution in [-0.2, 0) is 0 Å². The third-order valence-electron chi connectivity index (χ3n) is 3.08. The first-order chi connectivity index (χ1) is 11.3. The van der Waals surface area contributed by atoms with Gasteiger partial charge in [0.25, 0.3) is 5.91 Å². The monoisotopic (exact) mass is 386 g/mol. The maximum atomic E-state index is 12.2. The van der Waals surface area contributed by atoms with Gasteiger partial charge >= 0.3 is 5.97 Å². The molecule has 1 atom stereocenters. The SMILES string of the molecule is O=C(O)c1ccc(N[C@H](NC(=O)c2ccccc2)C(Cl)(Cl)Cl)cc1. The summed E-state index contributed by atoms with van der Waals surface area (Å²) in [6.45, 7) is 0. The number of benzene rings is 2. The zero-order valence-electron chi connectivity index (χ0n) is 12.2. The third kappa shape index (κ3) is 5.03. The van der Waals surface area contributed by atoms with Crippen molar-refractivity contribution in [1.82, 2.24) is 5.32 Å². The van der Waals surface area contributed by atoms with Crippen LogP contribution in [0.2, 0.25) is 0 Å². The van der Waals surface area contributed by atoms with E-state index in [1.54, 1.807) is 30.3 Å². The molecule has 0 heterocycles. The second-order valence-corrected chi connectivity index (χ2v) is 7.21. The number of carbonyl (C=O) groups excluding carboxylic acids is 1. The Morgan fingerprint density at radius 1 is 0.917 bits per heavy atom. The Bertz CT molecular complexity index is 716. The number of hydrogen-bond donors (Lipinski definition) is 3. The lowest BCUT2D eigenvalue weighted by Gasteiger charge is -2.27. The van der Waals surface area contributed by atoms with Gasteiger partial charge in [0.2, 0.25) is 3.79 Å². The van der Waals surface area contributed by atoms with Gasteiger partial charge in [-0.3, -0.25) is 4.79 Å². The standard InChI is InChI=1S/C16H13Cl3N2O3/c17-16(18,19)15(21-13(22)10-4-2-1-3-5-10)20-12-8-6-11(7-9-12)14(23)24/h1-9,15,20H,(H,21,22)(H,23,24)/t15-/m1/s1. The number of carbonyl (C=O) groups is 2. The zero-order chi connectivity index (χ0) is 17.7. The summed E-state index contributed by atoms with van der Waals surface area (Å²) in [5.74, 6) is -1.46. The Labute approximate surface area is 153 Å². The molecule has 0 saturated carbocycles. The van der Waals surface area contributed by atoms with E-state index in [4.69, 9.17) is 39.9 Å². The number of aromatic carboxylic acids is 1. The van der Waals surface area contributed by atoms with Crippen molar-refractivity contribution in [3.8, 4) is 0 Å². The predicted octanol–water partition coefficient (Wildman–Crippen LogP) is 3.92. The average Bonchev–Trinajstić information content (AvgIpc) is 2.54. The summed E-state index contributed by atoms with van der Waals surface area (Å²) in [5.41, 5.74) is 1.03. The van der Waals surface area contributed by atoms with Crippen LogP contribution in [0, 0.1) is 0 Å². The molecule has 2 aromatic rings. The highest BCUT2D eigenvalue weighted by Gasteiger charge is 2.34. The molecule has 126 valence electrons. The van der Waals surface area contributed by atoms with E-state index in [0.717, 1.165) is 0 Å². The van der Waals surface area contributed by atoms with Gasteiger partial charge in [0, 0.05) is 11.3 Å². The summed E-state index contributed by atoms with van der Waals surface area (Å²) in [7, 11) is 0. The molecule has 0 aliphatic heterocycles. The smallest absolute Gasteiger partial charge is 0.335 e. The molecule has 5 nitrogen and oxygen atoms in total. The zero-order valence-corrected chi connectivity index (χ0v) is 14.4. The summed E-state index contributed by atoms with van der Waals surface area (Å²) in [6, 6.07) is 14.3. The average molecular weight is 388 g/mol. The Morgan fingerprint density at radius 3 is 2.00 bits per heavy atom. The molecule has 0 fully saturated rings. The molecule has 2 rings (SSSR count). The quantitative estimate of drug-likeness (QED) is 0.537. The summed E-state index contributed by atoms with van der Waals surface area (Å²) < 4.78 is -1.82. The number of carboxylic acid groups (broad SMARTS) is 1. The lowest BCUT2D eigenvalue weighted by molar-refractivity contribution is 0.0696. The number of rotatable bonds is 5. The third-order valence-corrected chi connectivity index (χ3v) is 3.74. The molecule has 0 bridgehead atoms. The topological polar surface area (TPSA) is 78.4 Å². The molecule has 0 unspecified atom stereocenters. The number of hydrogen-bond acceptors (Lipinski definition) is 3. The van der Waals surface area contributed by atoms with Crippen molar-refractivity contribution in [2.75, 3.05) is 5.32 Å². The highest BCUT2D eigenvalue weighted by molar-refractivity contribution is 6.68. The van der Waals surface area contributed by atoms with Crippen molar-refractivity contribution >= 4 is 52.4 Å². The first-order valence-electron chi connectivity index (χ1n) is 6.80. The molecule has 1 amide bonds. The molecular weight excluding hydrogens is 375 g/mol. The fraction of sp³-hybridized carbons (Fsp3) is 0.125. The predicted molar refractivity (Wildman–Crippen MR) is 95.0 cm³/mol. The number of carboxylic acids is 1. The van der Waals surface area contributed by atoms with Gasteiger partial charge in [-0.1, -0.05) is 53.0 Å². The van der Waals surface area contributed by atoms with Crippen molar-refractivity contribution in [2.45, 2.75) is 9.96 Å². The van der Waals surface area contributed by atoms with Crippen LogP contribution < -0.4 is 10.6 Å². The number of alkyl halides is 3. The minimum absolute atomic E-state index is 0.124. The van der Waals surface area contributed by atoms with Crippen molar-refractivity contribution in [2.24, 2.45) is 0 Å². The summed E-state index contributed by atoms with van der Waals surface area (Å²) in [5, 5.41) is 14.4. The molecule has 2 aromatic carbocycles. The molecule has 0 aliphatic rings. The molecular formula is C16H13Cl3N2O3. The van der Waals surface area contributed by atoms with Gasteiger partial charge in [-0.2, -0.15) is 0 Å². The van der Waals surface area contributed by atoms with E-state index in [9.17, 15) is 9.59 Å². The van der Waals surface area contributed by atoms with E-state index in [0.29, 0.717) is 11.3 Å². The van der Waals surface area contributed by atoms with Crippen LogP contribution in [-0.4, -0.2) is 26.9 Å². The Morgan fingerprint density at radius 2 is 1.50 bits per heavy atom. The van der Waals surface area contributed by atoms with Crippen LogP contribution in [0.15, 0.2) is 54.6 Å². The summed E-state index contributed by atoms with van der Waals surface area (Å²) in [6.07, 6.45) is -1.02.